The Morgan fingerprint density at radius 2 is 2.03 bits per heavy atom. The number of rotatable bonds is 4. The molecule has 0 saturated carbocycles. The van der Waals surface area contributed by atoms with Crippen molar-refractivity contribution in [1.29, 1.82) is 0 Å². The van der Waals surface area contributed by atoms with E-state index in [1.807, 2.05) is 47.4 Å². The van der Waals surface area contributed by atoms with Gasteiger partial charge in [-0.15, -0.1) is 0 Å². The summed E-state index contributed by atoms with van der Waals surface area (Å²) < 4.78 is 1.73. The lowest BCUT2D eigenvalue weighted by molar-refractivity contribution is -0.116. The van der Waals surface area contributed by atoms with Crippen LogP contribution in [0.2, 0.25) is 5.02 Å². The van der Waals surface area contributed by atoms with Crippen LogP contribution in [0.15, 0.2) is 66.1 Å². The second kappa shape index (κ2) is 8.08. The summed E-state index contributed by atoms with van der Waals surface area (Å²) in [6.45, 7) is 0.752. The molecule has 2 aromatic carbocycles. The van der Waals surface area contributed by atoms with Gasteiger partial charge in [0, 0.05) is 17.3 Å². The third kappa shape index (κ3) is 3.55. The molecule has 3 heterocycles. The van der Waals surface area contributed by atoms with E-state index in [0.717, 1.165) is 41.2 Å². The molecule has 0 radical (unpaired) electrons. The van der Waals surface area contributed by atoms with Crippen molar-refractivity contribution in [3.63, 3.8) is 0 Å². The second-order valence-electron chi connectivity index (χ2n) is 7.02. The van der Waals surface area contributed by atoms with Crippen LogP contribution in [0.25, 0.3) is 16.7 Å². The van der Waals surface area contributed by atoms with Crippen molar-refractivity contribution in [2.75, 3.05) is 17.2 Å². The van der Waals surface area contributed by atoms with Gasteiger partial charge in [0.25, 0.3) is 0 Å². The number of halogens is 1. The Labute approximate surface area is 182 Å². The number of aromatic nitrogens is 4. The number of nitrogens with zero attached hydrogens (tertiary/aromatic N) is 5. The van der Waals surface area contributed by atoms with E-state index in [9.17, 15) is 4.79 Å². The summed E-state index contributed by atoms with van der Waals surface area (Å²) in [5.74, 6) is 0.393. The number of hydrogen-bond donors (Lipinski definition) is 0. The van der Waals surface area contributed by atoms with Crippen LogP contribution < -0.4 is 4.90 Å². The molecule has 4 aromatic rings. The number of amides is 1. The monoisotopic (exact) mass is 435 g/mol. The summed E-state index contributed by atoms with van der Waals surface area (Å²) in [6.07, 6.45) is 5.24. The van der Waals surface area contributed by atoms with E-state index in [4.69, 9.17) is 11.6 Å². The molecule has 0 fully saturated rings. The Hall–Kier alpha value is -2.90. The summed E-state index contributed by atoms with van der Waals surface area (Å²) in [7, 11) is 0. The molecule has 30 heavy (non-hydrogen) atoms. The van der Waals surface area contributed by atoms with Crippen molar-refractivity contribution in [3.8, 4) is 5.69 Å². The van der Waals surface area contributed by atoms with Crippen LogP contribution in [0.4, 0.5) is 5.69 Å². The summed E-state index contributed by atoms with van der Waals surface area (Å²) in [6, 6.07) is 15.6. The minimum atomic E-state index is 0.0844. The quantitative estimate of drug-likeness (QED) is 0.348. The van der Waals surface area contributed by atoms with Crippen molar-refractivity contribution in [1.82, 2.24) is 19.7 Å². The highest BCUT2D eigenvalue weighted by Crippen LogP contribution is 2.30. The number of hydrogen-bond acceptors (Lipinski definition) is 5. The normalized spacial score (nSPS) is 13.4. The molecule has 6 nitrogen and oxygen atoms in total. The van der Waals surface area contributed by atoms with E-state index in [1.165, 1.54) is 23.7 Å². The highest BCUT2D eigenvalue weighted by Gasteiger charge is 2.22. The number of aryl methyl sites for hydroxylation is 1. The molecule has 2 aromatic heterocycles. The molecule has 0 aliphatic carbocycles. The first-order valence-electron chi connectivity index (χ1n) is 9.66. The first kappa shape index (κ1) is 19.1. The molecule has 0 unspecified atom stereocenters. The highest BCUT2D eigenvalue weighted by atomic mass is 35.5. The number of carbonyl (C=O) groups excluding carboxylic acids is 1. The molecule has 150 valence electrons. The summed E-state index contributed by atoms with van der Waals surface area (Å²) in [5.41, 5.74) is 3.77. The Balaban J connectivity index is 1.39. The fourth-order valence-electron chi connectivity index (χ4n) is 3.74. The SMILES string of the molecule is O=C(CSc1ncnc2c1cnn2-c1cccc(Cl)c1)N1CCCc2ccccc21. The van der Waals surface area contributed by atoms with Gasteiger partial charge >= 0.3 is 0 Å². The van der Waals surface area contributed by atoms with Crippen LogP contribution in [0, 0.1) is 0 Å². The standard InChI is InChI=1S/C22H18ClN5OS/c23-16-7-3-8-17(11-16)28-21-18(12-26-28)22(25-14-24-21)30-13-20(29)27-10-4-6-15-5-1-2-9-19(15)27/h1-3,5,7-9,11-12,14H,4,6,10,13H2. The van der Waals surface area contributed by atoms with E-state index in [-0.39, 0.29) is 5.91 Å². The maximum Gasteiger partial charge on any atom is 0.237 e. The predicted molar refractivity (Wildman–Crippen MR) is 120 cm³/mol. The predicted octanol–water partition coefficient (Wildman–Crippen LogP) is 4.54. The van der Waals surface area contributed by atoms with E-state index in [2.05, 4.69) is 21.1 Å². The number of benzene rings is 2. The van der Waals surface area contributed by atoms with Crippen molar-refractivity contribution in [2.24, 2.45) is 0 Å². The molecule has 0 atom stereocenters. The van der Waals surface area contributed by atoms with Crippen molar-refractivity contribution >= 4 is 46.0 Å². The zero-order valence-corrected chi connectivity index (χ0v) is 17.6. The topological polar surface area (TPSA) is 63.9 Å². The van der Waals surface area contributed by atoms with E-state index in [0.29, 0.717) is 16.4 Å². The van der Waals surface area contributed by atoms with Gasteiger partial charge in [-0.3, -0.25) is 4.79 Å². The van der Waals surface area contributed by atoms with Crippen LogP contribution >= 0.6 is 23.4 Å². The van der Waals surface area contributed by atoms with Crippen LogP contribution in [0.5, 0.6) is 0 Å². The van der Waals surface area contributed by atoms with Gasteiger partial charge in [0.05, 0.1) is 23.0 Å². The van der Waals surface area contributed by atoms with Crippen molar-refractivity contribution in [2.45, 2.75) is 17.9 Å². The van der Waals surface area contributed by atoms with Gasteiger partial charge in [0.15, 0.2) is 5.65 Å². The van der Waals surface area contributed by atoms with Crippen molar-refractivity contribution < 1.29 is 4.79 Å². The Morgan fingerprint density at radius 1 is 1.13 bits per heavy atom. The maximum absolute atomic E-state index is 13.0. The molecular formula is C22H18ClN5OS. The number of para-hydroxylation sites is 1. The van der Waals surface area contributed by atoms with Gasteiger partial charge in [-0.1, -0.05) is 47.6 Å². The molecular weight excluding hydrogens is 418 g/mol. The Kier molecular flexibility index (Phi) is 5.14. The van der Waals surface area contributed by atoms with Gasteiger partial charge in [-0.25, -0.2) is 14.6 Å². The first-order valence-corrected chi connectivity index (χ1v) is 11.0. The summed E-state index contributed by atoms with van der Waals surface area (Å²) in [5, 5.41) is 6.65. The second-order valence-corrected chi connectivity index (χ2v) is 8.42. The average Bonchev–Trinajstić information content (AvgIpc) is 3.22. The Morgan fingerprint density at radius 3 is 2.93 bits per heavy atom. The van der Waals surface area contributed by atoms with Crippen molar-refractivity contribution in [3.05, 3.63) is 71.6 Å². The summed E-state index contributed by atoms with van der Waals surface area (Å²) >= 11 is 7.53. The largest absolute Gasteiger partial charge is 0.311 e. The van der Waals surface area contributed by atoms with Crippen LogP contribution in [0.3, 0.4) is 0 Å². The fourth-order valence-corrected chi connectivity index (χ4v) is 4.76. The van der Waals surface area contributed by atoms with Gasteiger partial charge < -0.3 is 4.90 Å². The average molecular weight is 436 g/mol. The lowest BCUT2D eigenvalue weighted by atomic mass is 10.0. The zero-order chi connectivity index (χ0) is 20.5. The molecule has 8 heteroatoms. The molecule has 0 spiro atoms. The smallest absolute Gasteiger partial charge is 0.237 e. The molecule has 1 aliphatic heterocycles. The number of carbonyl (C=O) groups is 1. The van der Waals surface area contributed by atoms with Crippen LogP contribution in [-0.2, 0) is 11.2 Å². The number of anilines is 1. The molecule has 5 rings (SSSR count). The molecule has 1 amide bonds. The number of fused-ring (bicyclic) bond motifs is 2. The molecule has 0 N–H and O–H groups in total. The fraction of sp³-hybridized carbons (Fsp3) is 0.182. The van der Waals surface area contributed by atoms with E-state index >= 15 is 0 Å². The van der Waals surface area contributed by atoms with Gasteiger partial charge in [-0.05, 0) is 42.7 Å². The van der Waals surface area contributed by atoms with Crippen LogP contribution in [0.1, 0.15) is 12.0 Å². The van der Waals surface area contributed by atoms with E-state index < -0.39 is 0 Å². The summed E-state index contributed by atoms with van der Waals surface area (Å²) in [4.78, 5) is 23.6. The van der Waals surface area contributed by atoms with Gasteiger partial charge in [-0.2, -0.15) is 5.10 Å². The van der Waals surface area contributed by atoms with E-state index in [1.54, 1.807) is 10.9 Å². The van der Waals surface area contributed by atoms with Gasteiger partial charge in [0.2, 0.25) is 5.91 Å². The Bertz CT molecular complexity index is 1240. The third-order valence-corrected chi connectivity index (χ3v) is 6.35. The first-order chi connectivity index (χ1) is 14.7. The lowest BCUT2D eigenvalue weighted by Gasteiger charge is -2.29. The third-order valence-electron chi connectivity index (χ3n) is 5.13. The highest BCUT2D eigenvalue weighted by molar-refractivity contribution is 8.00. The molecule has 0 saturated heterocycles. The zero-order valence-electron chi connectivity index (χ0n) is 16.0. The van der Waals surface area contributed by atoms with Gasteiger partial charge in [0.1, 0.15) is 11.4 Å². The lowest BCUT2D eigenvalue weighted by Crippen LogP contribution is -2.36. The number of thioether (sulfide) groups is 1. The molecule has 1 aliphatic rings. The van der Waals surface area contributed by atoms with Crippen LogP contribution in [-0.4, -0.2) is 38.0 Å². The molecule has 0 bridgehead atoms. The maximum atomic E-state index is 13.0. The minimum absolute atomic E-state index is 0.0844. The minimum Gasteiger partial charge on any atom is -0.311 e.